The maximum Gasteiger partial charge on any atom is 0.133 e. The summed E-state index contributed by atoms with van der Waals surface area (Å²) in [6.45, 7) is 3.54. The van der Waals surface area contributed by atoms with Gasteiger partial charge in [0.1, 0.15) is 5.78 Å². The van der Waals surface area contributed by atoms with E-state index >= 15 is 0 Å². The third kappa shape index (κ3) is 1.32. The molecule has 0 amide bonds. The van der Waals surface area contributed by atoms with Crippen LogP contribution in [0.4, 0.5) is 0 Å². The highest BCUT2D eigenvalue weighted by molar-refractivity contribution is 5.83. The Morgan fingerprint density at radius 1 is 1.70 bits per heavy atom. The van der Waals surface area contributed by atoms with Crippen molar-refractivity contribution >= 4 is 12.0 Å². The van der Waals surface area contributed by atoms with Crippen molar-refractivity contribution in [3.05, 3.63) is 12.3 Å². The Kier molecular flexibility index (Phi) is 2.00. The van der Waals surface area contributed by atoms with Crippen LogP contribution >= 0.6 is 0 Å². The minimum atomic E-state index is 0.0856. The first-order valence-corrected chi connectivity index (χ1v) is 3.42. The SMILES string of the molecule is CC(=O)[C@@H](C)C1C=CN=C1. The maximum absolute atomic E-state index is 10.8. The number of hydrogen-bond acceptors (Lipinski definition) is 2. The molecule has 0 aliphatic carbocycles. The third-order valence-electron chi connectivity index (χ3n) is 1.87. The molecule has 0 bridgehead atoms. The van der Waals surface area contributed by atoms with Crippen molar-refractivity contribution in [1.29, 1.82) is 0 Å². The first kappa shape index (κ1) is 7.19. The zero-order chi connectivity index (χ0) is 7.56. The van der Waals surface area contributed by atoms with E-state index in [0.29, 0.717) is 0 Å². The fourth-order valence-corrected chi connectivity index (χ4v) is 0.915. The van der Waals surface area contributed by atoms with Crippen LogP contribution in [0.5, 0.6) is 0 Å². The molecule has 2 atom stereocenters. The molecular formula is C8H11NO. The number of carbonyl (C=O) groups excluding carboxylic acids is 1. The molecule has 54 valence electrons. The summed E-state index contributed by atoms with van der Waals surface area (Å²) < 4.78 is 0. The van der Waals surface area contributed by atoms with Gasteiger partial charge in [-0.15, -0.1) is 0 Å². The van der Waals surface area contributed by atoms with Crippen LogP contribution in [0.1, 0.15) is 13.8 Å². The molecule has 0 N–H and O–H groups in total. The Labute approximate surface area is 60.7 Å². The zero-order valence-electron chi connectivity index (χ0n) is 6.24. The molecule has 0 spiro atoms. The Morgan fingerprint density at radius 2 is 2.40 bits per heavy atom. The van der Waals surface area contributed by atoms with Gasteiger partial charge in [0, 0.05) is 24.3 Å². The van der Waals surface area contributed by atoms with E-state index in [4.69, 9.17) is 0 Å². The molecule has 1 rings (SSSR count). The lowest BCUT2D eigenvalue weighted by Crippen LogP contribution is -2.16. The first-order valence-electron chi connectivity index (χ1n) is 3.42. The minimum Gasteiger partial charge on any atom is -0.300 e. The van der Waals surface area contributed by atoms with Crippen molar-refractivity contribution in [3.63, 3.8) is 0 Å². The molecule has 2 heteroatoms. The molecule has 0 aromatic rings. The van der Waals surface area contributed by atoms with Crippen molar-refractivity contribution in [3.8, 4) is 0 Å². The average molecular weight is 137 g/mol. The van der Waals surface area contributed by atoms with E-state index in [1.54, 1.807) is 13.1 Å². The standard InChI is InChI=1S/C8H11NO/c1-6(7(2)10)8-3-4-9-5-8/h3-6,8H,1-2H3/t6-,8?/m1/s1. The van der Waals surface area contributed by atoms with Crippen molar-refractivity contribution < 1.29 is 4.79 Å². The van der Waals surface area contributed by atoms with Crippen LogP contribution < -0.4 is 0 Å². The number of allylic oxidation sites excluding steroid dienone is 1. The summed E-state index contributed by atoms with van der Waals surface area (Å²) in [7, 11) is 0. The van der Waals surface area contributed by atoms with E-state index in [-0.39, 0.29) is 17.6 Å². The van der Waals surface area contributed by atoms with Crippen LogP contribution in [-0.2, 0) is 4.79 Å². The number of carbonyl (C=O) groups is 1. The highest BCUT2D eigenvalue weighted by Crippen LogP contribution is 2.15. The number of ketones is 1. The number of nitrogens with zero attached hydrogens (tertiary/aromatic N) is 1. The highest BCUT2D eigenvalue weighted by atomic mass is 16.1. The Hall–Kier alpha value is -0.920. The Morgan fingerprint density at radius 3 is 2.80 bits per heavy atom. The summed E-state index contributed by atoms with van der Waals surface area (Å²) in [6.07, 6.45) is 5.50. The van der Waals surface area contributed by atoms with Gasteiger partial charge < -0.3 is 0 Å². The normalized spacial score (nSPS) is 25.2. The van der Waals surface area contributed by atoms with Crippen LogP contribution in [0, 0.1) is 11.8 Å². The fourth-order valence-electron chi connectivity index (χ4n) is 0.915. The van der Waals surface area contributed by atoms with Crippen molar-refractivity contribution in [2.45, 2.75) is 13.8 Å². The van der Waals surface area contributed by atoms with E-state index < -0.39 is 0 Å². The van der Waals surface area contributed by atoms with E-state index in [9.17, 15) is 4.79 Å². The van der Waals surface area contributed by atoms with Gasteiger partial charge >= 0.3 is 0 Å². The van der Waals surface area contributed by atoms with Gasteiger partial charge in [0.15, 0.2) is 0 Å². The lowest BCUT2D eigenvalue weighted by molar-refractivity contribution is -0.120. The lowest BCUT2D eigenvalue weighted by atomic mass is 9.93. The van der Waals surface area contributed by atoms with E-state index in [1.807, 2.05) is 19.2 Å². The summed E-state index contributed by atoms with van der Waals surface area (Å²) in [5.41, 5.74) is 0. The molecule has 2 nitrogen and oxygen atoms in total. The molecule has 0 saturated carbocycles. The van der Waals surface area contributed by atoms with Crippen LogP contribution in [0.25, 0.3) is 0 Å². The summed E-state index contributed by atoms with van der Waals surface area (Å²) in [5, 5.41) is 0. The van der Waals surface area contributed by atoms with Crippen molar-refractivity contribution in [2.24, 2.45) is 16.8 Å². The van der Waals surface area contributed by atoms with Gasteiger partial charge in [-0.2, -0.15) is 0 Å². The van der Waals surface area contributed by atoms with Crippen molar-refractivity contribution in [2.75, 3.05) is 0 Å². The average Bonchev–Trinajstić information content (AvgIpc) is 2.36. The van der Waals surface area contributed by atoms with Gasteiger partial charge in [-0.1, -0.05) is 13.0 Å². The number of aliphatic imine (C=N–C) groups is 1. The molecule has 0 saturated heterocycles. The summed E-state index contributed by atoms with van der Waals surface area (Å²) in [6, 6.07) is 0. The van der Waals surface area contributed by atoms with E-state index in [2.05, 4.69) is 4.99 Å². The molecule has 1 heterocycles. The Balaban J connectivity index is 2.57. The smallest absolute Gasteiger partial charge is 0.133 e. The van der Waals surface area contributed by atoms with Crippen LogP contribution in [0.3, 0.4) is 0 Å². The fraction of sp³-hybridized carbons (Fsp3) is 0.500. The van der Waals surface area contributed by atoms with E-state index in [0.717, 1.165) is 0 Å². The maximum atomic E-state index is 10.8. The molecule has 0 aromatic carbocycles. The predicted molar refractivity (Wildman–Crippen MR) is 41.0 cm³/mol. The quantitative estimate of drug-likeness (QED) is 0.566. The molecule has 1 unspecified atom stereocenters. The lowest BCUT2D eigenvalue weighted by Gasteiger charge is -2.09. The summed E-state index contributed by atoms with van der Waals surface area (Å²) in [5.74, 6) is 0.544. The van der Waals surface area contributed by atoms with Crippen LogP contribution in [0.15, 0.2) is 17.3 Å². The first-order chi connectivity index (χ1) is 4.72. The number of Topliss-reactive ketones (excluding diaryl/α,β-unsaturated/α-hetero) is 1. The Bertz CT molecular complexity index is 181. The molecular weight excluding hydrogens is 126 g/mol. The monoisotopic (exact) mass is 137 g/mol. The zero-order valence-corrected chi connectivity index (χ0v) is 6.24. The van der Waals surface area contributed by atoms with E-state index in [1.165, 1.54) is 0 Å². The topological polar surface area (TPSA) is 29.4 Å². The van der Waals surface area contributed by atoms with Crippen molar-refractivity contribution in [1.82, 2.24) is 0 Å². The third-order valence-corrected chi connectivity index (χ3v) is 1.87. The van der Waals surface area contributed by atoms with Gasteiger partial charge in [0.25, 0.3) is 0 Å². The highest BCUT2D eigenvalue weighted by Gasteiger charge is 2.17. The van der Waals surface area contributed by atoms with Crippen LogP contribution in [-0.4, -0.2) is 12.0 Å². The summed E-state index contributed by atoms with van der Waals surface area (Å²) >= 11 is 0. The largest absolute Gasteiger partial charge is 0.300 e. The second kappa shape index (κ2) is 2.78. The van der Waals surface area contributed by atoms with Gasteiger partial charge in [-0.05, 0) is 6.92 Å². The van der Waals surface area contributed by atoms with Gasteiger partial charge in [0.05, 0.1) is 0 Å². The molecule has 0 aromatic heterocycles. The molecule has 1 aliphatic heterocycles. The molecule has 0 fully saturated rings. The van der Waals surface area contributed by atoms with Crippen LogP contribution in [0.2, 0.25) is 0 Å². The second-order valence-electron chi connectivity index (χ2n) is 2.62. The second-order valence-corrected chi connectivity index (χ2v) is 2.62. The van der Waals surface area contributed by atoms with Gasteiger partial charge in [0.2, 0.25) is 0 Å². The van der Waals surface area contributed by atoms with Gasteiger partial charge in [-0.3, -0.25) is 9.79 Å². The van der Waals surface area contributed by atoms with Gasteiger partial charge in [-0.25, -0.2) is 0 Å². The molecule has 1 aliphatic rings. The molecule has 0 radical (unpaired) electrons. The predicted octanol–water partition coefficient (Wildman–Crippen LogP) is 1.43. The number of rotatable bonds is 2. The number of hydrogen-bond donors (Lipinski definition) is 0. The minimum absolute atomic E-state index is 0.0856. The molecule has 10 heavy (non-hydrogen) atoms. The summed E-state index contributed by atoms with van der Waals surface area (Å²) in [4.78, 5) is 14.7.